The molecule has 2 rings (SSSR count). The molecule has 0 aliphatic rings. The molecule has 1 aromatic carbocycles. The van der Waals surface area contributed by atoms with Gasteiger partial charge in [0.05, 0.1) is 12.8 Å². The highest BCUT2D eigenvalue weighted by atomic mass is 16.5. The van der Waals surface area contributed by atoms with E-state index in [0.717, 1.165) is 31.0 Å². The SMILES string of the molecule is CCC(C)c1ccccc1OC(C)CNCc1ccco1. The predicted molar refractivity (Wildman–Crippen MR) is 85.7 cm³/mol. The lowest BCUT2D eigenvalue weighted by atomic mass is 9.98. The Labute approximate surface area is 127 Å². The Balaban J connectivity index is 1.86. The van der Waals surface area contributed by atoms with Gasteiger partial charge in [0.2, 0.25) is 0 Å². The lowest BCUT2D eigenvalue weighted by Gasteiger charge is -2.20. The van der Waals surface area contributed by atoms with Crippen LogP contribution in [0.5, 0.6) is 5.75 Å². The highest BCUT2D eigenvalue weighted by Gasteiger charge is 2.12. The van der Waals surface area contributed by atoms with Gasteiger partial charge in [0.15, 0.2) is 0 Å². The molecule has 0 radical (unpaired) electrons. The molecule has 0 saturated heterocycles. The molecule has 0 fully saturated rings. The van der Waals surface area contributed by atoms with Crippen LogP contribution in [0.1, 0.15) is 44.4 Å². The van der Waals surface area contributed by atoms with E-state index in [1.54, 1.807) is 6.26 Å². The van der Waals surface area contributed by atoms with Crippen LogP contribution in [0, 0.1) is 0 Å². The first-order chi connectivity index (χ1) is 10.2. The van der Waals surface area contributed by atoms with Crippen LogP contribution in [0.2, 0.25) is 0 Å². The minimum atomic E-state index is 0.116. The largest absolute Gasteiger partial charge is 0.489 e. The maximum Gasteiger partial charge on any atom is 0.123 e. The zero-order valence-corrected chi connectivity index (χ0v) is 13.1. The predicted octanol–water partition coefficient (Wildman–Crippen LogP) is 4.35. The first-order valence-electron chi connectivity index (χ1n) is 7.69. The number of hydrogen-bond acceptors (Lipinski definition) is 3. The summed E-state index contributed by atoms with van der Waals surface area (Å²) in [5, 5.41) is 3.35. The summed E-state index contributed by atoms with van der Waals surface area (Å²) in [5.41, 5.74) is 1.29. The summed E-state index contributed by atoms with van der Waals surface area (Å²) in [7, 11) is 0. The van der Waals surface area contributed by atoms with Crippen LogP contribution in [0.3, 0.4) is 0 Å². The molecular weight excluding hydrogens is 262 g/mol. The van der Waals surface area contributed by atoms with Crippen molar-refractivity contribution in [1.82, 2.24) is 5.32 Å². The van der Waals surface area contributed by atoms with Gasteiger partial charge in [-0.15, -0.1) is 0 Å². The number of benzene rings is 1. The molecule has 114 valence electrons. The zero-order valence-electron chi connectivity index (χ0n) is 13.1. The molecule has 0 amide bonds. The lowest BCUT2D eigenvalue weighted by molar-refractivity contribution is 0.212. The van der Waals surface area contributed by atoms with Crippen LogP contribution in [0.15, 0.2) is 47.1 Å². The fourth-order valence-corrected chi connectivity index (χ4v) is 2.29. The third-order valence-electron chi connectivity index (χ3n) is 3.70. The number of rotatable bonds is 8. The Morgan fingerprint density at radius 2 is 1.95 bits per heavy atom. The summed E-state index contributed by atoms with van der Waals surface area (Å²) >= 11 is 0. The fourth-order valence-electron chi connectivity index (χ4n) is 2.29. The molecule has 0 aliphatic carbocycles. The summed E-state index contributed by atoms with van der Waals surface area (Å²) in [5.74, 6) is 2.46. The monoisotopic (exact) mass is 287 g/mol. The highest BCUT2D eigenvalue weighted by molar-refractivity contribution is 5.36. The molecule has 21 heavy (non-hydrogen) atoms. The van der Waals surface area contributed by atoms with Crippen molar-refractivity contribution in [2.45, 2.75) is 45.8 Å². The minimum Gasteiger partial charge on any atom is -0.489 e. The van der Waals surface area contributed by atoms with Crippen LogP contribution in [-0.2, 0) is 6.54 Å². The molecule has 0 aliphatic heterocycles. The third-order valence-corrected chi connectivity index (χ3v) is 3.70. The third kappa shape index (κ3) is 4.64. The summed E-state index contributed by atoms with van der Waals surface area (Å²) in [6.07, 6.45) is 2.93. The van der Waals surface area contributed by atoms with Crippen LogP contribution < -0.4 is 10.1 Å². The van der Waals surface area contributed by atoms with Gasteiger partial charge in [-0.1, -0.05) is 32.0 Å². The number of hydrogen-bond donors (Lipinski definition) is 1. The van der Waals surface area contributed by atoms with Gasteiger partial charge in [0.25, 0.3) is 0 Å². The van der Waals surface area contributed by atoms with Crippen molar-refractivity contribution in [1.29, 1.82) is 0 Å². The van der Waals surface area contributed by atoms with Crippen LogP contribution in [-0.4, -0.2) is 12.6 Å². The van der Waals surface area contributed by atoms with Crippen LogP contribution in [0.25, 0.3) is 0 Å². The van der Waals surface area contributed by atoms with Crippen LogP contribution >= 0.6 is 0 Å². The molecule has 3 nitrogen and oxygen atoms in total. The van der Waals surface area contributed by atoms with E-state index in [0.29, 0.717) is 5.92 Å². The molecule has 0 spiro atoms. The normalized spacial score (nSPS) is 13.9. The minimum absolute atomic E-state index is 0.116. The lowest BCUT2D eigenvalue weighted by Crippen LogP contribution is -2.28. The van der Waals surface area contributed by atoms with Crippen molar-refractivity contribution < 1.29 is 9.15 Å². The quantitative estimate of drug-likeness (QED) is 0.783. The number of nitrogens with one attached hydrogen (secondary N) is 1. The summed E-state index contributed by atoms with van der Waals surface area (Å²) in [6, 6.07) is 12.2. The van der Waals surface area contributed by atoms with Gasteiger partial charge < -0.3 is 14.5 Å². The zero-order chi connectivity index (χ0) is 15.1. The topological polar surface area (TPSA) is 34.4 Å². The van der Waals surface area contributed by atoms with Gasteiger partial charge in [-0.25, -0.2) is 0 Å². The number of para-hydroxylation sites is 1. The Morgan fingerprint density at radius 1 is 1.14 bits per heavy atom. The molecule has 0 saturated carbocycles. The van der Waals surface area contributed by atoms with Gasteiger partial charge in [-0.2, -0.15) is 0 Å². The van der Waals surface area contributed by atoms with Crippen molar-refractivity contribution in [3.63, 3.8) is 0 Å². The Morgan fingerprint density at radius 3 is 2.67 bits per heavy atom. The van der Waals surface area contributed by atoms with Crippen molar-refractivity contribution >= 4 is 0 Å². The number of ether oxygens (including phenoxy) is 1. The maximum absolute atomic E-state index is 6.09. The highest BCUT2D eigenvalue weighted by Crippen LogP contribution is 2.28. The van der Waals surface area contributed by atoms with Crippen molar-refractivity contribution in [3.8, 4) is 5.75 Å². The van der Waals surface area contributed by atoms with E-state index >= 15 is 0 Å². The first-order valence-corrected chi connectivity index (χ1v) is 7.69. The molecular formula is C18H25NO2. The Hall–Kier alpha value is -1.74. The number of furan rings is 1. The smallest absolute Gasteiger partial charge is 0.123 e. The van der Waals surface area contributed by atoms with E-state index in [9.17, 15) is 0 Å². The Kier molecular flexibility index (Phi) is 5.88. The standard InChI is InChI=1S/C18H25NO2/c1-4-14(2)17-9-5-6-10-18(17)21-15(3)12-19-13-16-8-7-11-20-16/h5-11,14-15,19H,4,12-13H2,1-3H3. The van der Waals surface area contributed by atoms with Gasteiger partial charge in [-0.3, -0.25) is 0 Å². The van der Waals surface area contributed by atoms with Gasteiger partial charge in [0, 0.05) is 6.54 Å². The van der Waals surface area contributed by atoms with E-state index in [-0.39, 0.29) is 6.10 Å². The van der Waals surface area contributed by atoms with E-state index in [2.05, 4.69) is 44.3 Å². The second-order valence-electron chi connectivity index (χ2n) is 5.49. The molecule has 1 aromatic heterocycles. The first kappa shape index (κ1) is 15.6. The van der Waals surface area contributed by atoms with Gasteiger partial charge >= 0.3 is 0 Å². The molecule has 0 bridgehead atoms. The molecule has 1 heterocycles. The summed E-state index contributed by atoms with van der Waals surface area (Å²) < 4.78 is 11.4. The average molecular weight is 287 g/mol. The van der Waals surface area contributed by atoms with Gasteiger partial charge in [0.1, 0.15) is 17.6 Å². The molecule has 3 heteroatoms. The summed E-state index contributed by atoms with van der Waals surface area (Å²) in [4.78, 5) is 0. The second kappa shape index (κ2) is 7.89. The molecule has 2 atom stereocenters. The van der Waals surface area contributed by atoms with E-state index in [1.165, 1.54) is 5.56 Å². The van der Waals surface area contributed by atoms with Crippen LogP contribution in [0.4, 0.5) is 0 Å². The average Bonchev–Trinajstić information content (AvgIpc) is 3.00. The fraction of sp³-hybridized carbons (Fsp3) is 0.444. The second-order valence-corrected chi connectivity index (χ2v) is 5.49. The van der Waals surface area contributed by atoms with Crippen molar-refractivity contribution in [3.05, 3.63) is 54.0 Å². The molecule has 2 unspecified atom stereocenters. The molecule has 1 N–H and O–H groups in total. The van der Waals surface area contributed by atoms with E-state index in [4.69, 9.17) is 9.15 Å². The van der Waals surface area contributed by atoms with E-state index in [1.807, 2.05) is 18.2 Å². The van der Waals surface area contributed by atoms with Gasteiger partial charge in [-0.05, 0) is 43.0 Å². The van der Waals surface area contributed by atoms with Crippen molar-refractivity contribution in [2.24, 2.45) is 0 Å². The molecule has 2 aromatic rings. The Bertz CT molecular complexity index is 522. The van der Waals surface area contributed by atoms with E-state index < -0.39 is 0 Å². The maximum atomic E-state index is 6.09. The summed E-state index contributed by atoms with van der Waals surface area (Å²) in [6.45, 7) is 8.05. The van der Waals surface area contributed by atoms with Crippen molar-refractivity contribution in [2.75, 3.05) is 6.54 Å².